The van der Waals surface area contributed by atoms with E-state index in [1.807, 2.05) is 43.3 Å². The Morgan fingerprint density at radius 2 is 1.83 bits per heavy atom. The molecule has 0 N–H and O–H groups in total. The van der Waals surface area contributed by atoms with E-state index >= 15 is 0 Å². The van der Waals surface area contributed by atoms with Gasteiger partial charge in [-0.25, -0.2) is 0 Å². The van der Waals surface area contributed by atoms with Crippen LogP contribution >= 0.6 is 0 Å². The van der Waals surface area contributed by atoms with Gasteiger partial charge in [0.2, 0.25) is 0 Å². The monoisotopic (exact) mass is 349 g/mol. The smallest absolute Gasteiger partial charge is 0.175 e. The molecule has 122 valence electrons. The molecule has 0 saturated carbocycles. The van der Waals surface area contributed by atoms with Crippen LogP contribution in [0.5, 0.6) is 0 Å². The summed E-state index contributed by atoms with van der Waals surface area (Å²) in [7, 11) is -2.32. The number of carbonyl (C=O) groups is 1. The fourth-order valence-corrected chi connectivity index (χ4v) is 9.22. The van der Waals surface area contributed by atoms with Gasteiger partial charge in [0.25, 0.3) is 0 Å². The summed E-state index contributed by atoms with van der Waals surface area (Å²) in [6.45, 7) is 2.52. The first-order chi connectivity index (χ1) is 11.0. The van der Waals surface area contributed by atoms with Crippen molar-refractivity contribution < 1.29 is 13.2 Å². The second-order valence-corrected chi connectivity index (χ2v) is 10.6. The molecule has 2 bridgehead atoms. The molecule has 2 saturated heterocycles. The molecule has 1 aromatic rings. The summed E-state index contributed by atoms with van der Waals surface area (Å²) in [6.07, 6.45) is 3.86. The topological polar surface area (TPSA) is 54.5 Å². The highest BCUT2D eigenvalue weighted by atomic mass is 32.3. The highest BCUT2D eigenvalue weighted by Gasteiger charge is 2.67. The van der Waals surface area contributed by atoms with Crippen molar-refractivity contribution in [2.24, 2.45) is 0 Å². The first-order valence-electron chi connectivity index (χ1n) is 7.79. The van der Waals surface area contributed by atoms with E-state index in [2.05, 4.69) is 4.90 Å². The molecule has 4 rings (SSSR count). The lowest BCUT2D eigenvalue weighted by molar-refractivity contribution is -0.125. The Bertz CT molecular complexity index is 729. The van der Waals surface area contributed by atoms with Crippen LogP contribution in [0.15, 0.2) is 42.5 Å². The summed E-state index contributed by atoms with van der Waals surface area (Å²) < 4.78 is 24.7. The average Bonchev–Trinajstić information content (AvgIpc) is 2.91. The largest absolute Gasteiger partial charge is 0.293 e. The molecule has 0 aromatic heterocycles. The Kier molecular flexibility index (Phi) is 3.48. The molecule has 2 unspecified atom stereocenters. The molecule has 0 amide bonds. The highest BCUT2D eigenvalue weighted by molar-refractivity contribution is 8.07. The Morgan fingerprint density at radius 3 is 2.48 bits per heavy atom. The van der Waals surface area contributed by atoms with Crippen molar-refractivity contribution in [3.05, 3.63) is 48.0 Å². The SMILES string of the molecule is C[C@@]12CC3([C@@H](C=CC1=O)N2Cc1ccccc1)S(=O)CCS3=O. The lowest BCUT2D eigenvalue weighted by atomic mass is 9.91. The zero-order chi connectivity index (χ0) is 16.2. The second kappa shape index (κ2) is 5.19. The number of benzene rings is 1. The van der Waals surface area contributed by atoms with Gasteiger partial charge in [0, 0.05) is 46.1 Å². The van der Waals surface area contributed by atoms with Gasteiger partial charge in [-0.15, -0.1) is 0 Å². The van der Waals surface area contributed by atoms with Crippen LogP contribution in [-0.2, 0) is 32.9 Å². The molecule has 0 aliphatic carbocycles. The third-order valence-corrected chi connectivity index (χ3v) is 10.2. The van der Waals surface area contributed by atoms with Crippen molar-refractivity contribution >= 4 is 27.4 Å². The predicted octanol–water partition coefficient (Wildman–Crippen LogP) is 1.37. The Hall–Kier alpha value is -1.11. The van der Waals surface area contributed by atoms with Crippen molar-refractivity contribution in [2.75, 3.05) is 11.5 Å². The van der Waals surface area contributed by atoms with Gasteiger partial charge in [0.05, 0.1) is 11.6 Å². The number of rotatable bonds is 2. The summed E-state index contributed by atoms with van der Waals surface area (Å²) in [5, 5.41) is 0. The minimum atomic E-state index is -1.16. The first-order valence-corrected chi connectivity index (χ1v) is 10.4. The molecule has 0 radical (unpaired) electrons. The van der Waals surface area contributed by atoms with E-state index in [4.69, 9.17) is 0 Å². The summed E-state index contributed by atoms with van der Waals surface area (Å²) in [6, 6.07) is 9.77. The van der Waals surface area contributed by atoms with E-state index in [1.54, 1.807) is 6.08 Å². The second-order valence-electron chi connectivity index (χ2n) is 6.64. The fraction of sp³-hybridized carbons (Fsp3) is 0.471. The van der Waals surface area contributed by atoms with Crippen LogP contribution in [0.3, 0.4) is 0 Å². The van der Waals surface area contributed by atoms with Gasteiger partial charge < -0.3 is 0 Å². The molecule has 3 heterocycles. The number of carbonyl (C=O) groups excluding carboxylic acids is 1. The zero-order valence-electron chi connectivity index (χ0n) is 12.9. The van der Waals surface area contributed by atoms with E-state index in [0.29, 0.717) is 24.5 Å². The van der Waals surface area contributed by atoms with Crippen LogP contribution in [0.4, 0.5) is 0 Å². The van der Waals surface area contributed by atoms with Crippen LogP contribution in [-0.4, -0.2) is 46.3 Å². The number of hydrogen-bond donors (Lipinski definition) is 0. The van der Waals surface area contributed by atoms with Gasteiger partial charge in [-0.2, -0.15) is 0 Å². The lowest BCUT2D eigenvalue weighted by Gasteiger charge is -2.38. The summed E-state index contributed by atoms with van der Waals surface area (Å²) in [4.78, 5) is 14.7. The summed E-state index contributed by atoms with van der Waals surface area (Å²) in [5.41, 5.74) is 0.392. The maximum absolute atomic E-state index is 12.7. The molecule has 2 fully saturated rings. The number of nitrogens with zero attached hydrogens (tertiary/aromatic N) is 1. The summed E-state index contributed by atoms with van der Waals surface area (Å²) >= 11 is 0. The molecule has 3 aliphatic heterocycles. The Balaban J connectivity index is 1.80. The maximum atomic E-state index is 12.7. The van der Waals surface area contributed by atoms with Crippen molar-refractivity contribution in [3.63, 3.8) is 0 Å². The molecule has 1 spiro atoms. The van der Waals surface area contributed by atoms with E-state index < -0.39 is 31.2 Å². The predicted molar refractivity (Wildman–Crippen MR) is 91.7 cm³/mol. The van der Waals surface area contributed by atoms with Gasteiger partial charge >= 0.3 is 0 Å². The lowest BCUT2D eigenvalue weighted by Crippen LogP contribution is -2.53. The third kappa shape index (κ3) is 2.01. The van der Waals surface area contributed by atoms with E-state index in [9.17, 15) is 13.2 Å². The van der Waals surface area contributed by atoms with Crippen LogP contribution in [0.1, 0.15) is 18.9 Å². The van der Waals surface area contributed by atoms with Crippen molar-refractivity contribution in [2.45, 2.75) is 35.5 Å². The van der Waals surface area contributed by atoms with Gasteiger partial charge in [-0.1, -0.05) is 36.4 Å². The Morgan fingerprint density at radius 1 is 1.17 bits per heavy atom. The minimum absolute atomic E-state index is 0.0301. The third-order valence-electron chi connectivity index (χ3n) is 5.39. The van der Waals surface area contributed by atoms with Gasteiger partial charge in [0.1, 0.15) is 4.08 Å². The van der Waals surface area contributed by atoms with Crippen LogP contribution in [0, 0.1) is 0 Å². The normalized spacial score (nSPS) is 42.7. The molecule has 3 aliphatic rings. The molecular weight excluding hydrogens is 330 g/mol. The Labute approximate surface area is 140 Å². The number of hydrogen-bond acceptors (Lipinski definition) is 4. The molecule has 23 heavy (non-hydrogen) atoms. The van der Waals surface area contributed by atoms with Gasteiger partial charge in [-0.3, -0.25) is 18.1 Å². The average molecular weight is 349 g/mol. The van der Waals surface area contributed by atoms with E-state index in [0.717, 1.165) is 5.56 Å². The molecule has 6 heteroatoms. The van der Waals surface area contributed by atoms with Gasteiger partial charge in [-0.05, 0) is 18.6 Å². The standard InChI is InChI=1S/C17H19NO3S2/c1-16-12-17(22(20)9-10-23(17)21)14(7-8-15(16)19)18(16)11-13-5-3-2-4-6-13/h2-8,14H,9-12H2,1H3/t14-,16-,17?,22?,23?/m1/s1. The molecule has 1 aromatic carbocycles. The van der Waals surface area contributed by atoms with Crippen molar-refractivity contribution in [3.8, 4) is 0 Å². The van der Waals surface area contributed by atoms with E-state index in [1.165, 1.54) is 0 Å². The molecule has 4 nitrogen and oxygen atoms in total. The first kappa shape index (κ1) is 15.4. The minimum Gasteiger partial charge on any atom is -0.293 e. The number of fused-ring (bicyclic) bond motifs is 3. The van der Waals surface area contributed by atoms with Crippen molar-refractivity contribution in [1.29, 1.82) is 0 Å². The highest BCUT2D eigenvalue weighted by Crippen LogP contribution is 2.52. The zero-order valence-corrected chi connectivity index (χ0v) is 14.6. The number of ketones is 1. The summed E-state index contributed by atoms with van der Waals surface area (Å²) in [5.74, 6) is 0.975. The van der Waals surface area contributed by atoms with Crippen LogP contribution in [0.25, 0.3) is 0 Å². The maximum Gasteiger partial charge on any atom is 0.175 e. The van der Waals surface area contributed by atoms with Gasteiger partial charge in [0.15, 0.2) is 5.78 Å². The molecule has 4 atom stereocenters. The van der Waals surface area contributed by atoms with Crippen LogP contribution in [0.2, 0.25) is 0 Å². The fourth-order valence-electron chi connectivity index (χ4n) is 4.15. The van der Waals surface area contributed by atoms with Crippen LogP contribution < -0.4 is 0 Å². The molecular formula is C17H19NO3S2. The van der Waals surface area contributed by atoms with Crippen molar-refractivity contribution in [1.82, 2.24) is 4.90 Å². The quantitative estimate of drug-likeness (QED) is 0.809. The van der Waals surface area contributed by atoms with E-state index in [-0.39, 0.29) is 11.8 Å².